The van der Waals surface area contributed by atoms with Gasteiger partial charge in [0.25, 0.3) is 5.91 Å². The molecule has 0 atom stereocenters. The van der Waals surface area contributed by atoms with Crippen LogP contribution >= 0.6 is 0 Å². The molecule has 0 aliphatic heterocycles. The van der Waals surface area contributed by atoms with Crippen molar-refractivity contribution in [3.8, 4) is 0 Å². The SMILES string of the molecule is Cc1c(N)cc(C(=O)NCc2ccc(F)c(F)c2)cc1F. The highest BCUT2D eigenvalue weighted by Crippen LogP contribution is 2.17. The Morgan fingerprint density at radius 1 is 1.10 bits per heavy atom. The maximum absolute atomic E-state index is 13.5. The number of carbonyl (C=O) groups is 1. The van der Waals surface area contributed by atoms with Crippen LogP contribution in [0.2, 0.25) is 0 Å². The van der Waals surface area contributed by atoms with Gasteiger partial charge in [-0.3, -0.25) is 4.79 Å². The fourth-order valence-corrected chi connectivity index (χ4v) is 1.77. The van der Waals surface area contributed by atoms with Gasteiger partial charge in [-0.15, -0.1) is 0 Å². The second kappa shape index (κ2) is 5.87. The Morgan fingerprint density at radius 2 is 1.81 bits per heavy atom. The molecule has 0 heterocycles. The minimum absolute atomic E-state index is 0.00850. The van der Waals surface area contributed by atoms with Crippen LogP contribution in [0.4, 0.5) is 18.9 Å². The molecule has 0 aliphatic rings. The number of rotatable bonds is 3. The molecule has 0 aromatic heterocycles. The van der Waals surface area contributed by atoms with Crippen LogP contribution in [0.1, 0.15) is 21.5 Å². The number of halogens is 3. The summed E-state index contributed by atoms with van der Waals surface area (Å²) in [6.45, 7) is 1.50. The number of benzene rings is 2. The molecule has 110 valence electrons. The second-order valence-electron chi connectivity index (χ2n) is 4.60. The molecule has 1 amide bonds. The molecule has 0 fully saturated rings. The zero-order chi connectivity index (χ0) is 15.6. The van der Waals surface area contributed by atoms with E-state index in [9.17, 15) is 18.0 Å². The first kappa shape index (κ1) is 14.9. The lowest BCUT2D eigenvalue weighted by Crippen LogP contribution is -2.23. The fourth-order valence-electron chi connectivity index (χ4n) is 1.77. The second-order valence-corrected chi connectivity index (χ2v) is 4.60. The molecule has 0 unspecified atom stereocenters. The standard InChI is InChI=1S/C15H13F3N2O/c1-8-12(17)5-10(6-14(8)19)15(21)20-7-9-2-3-11(16)13(18)4-9/h2-6H,7,19H2,1H3,(H,20,21). The normalized spacial score (nSPS) is 10.5. The van der Waals surface area contributed by atoms with Crippen LogP contribution < -0.4 is 11.1 Å². The molecular formula is C15H13F3N2O. The van der Waals surface area contributed by atoms with E-state index in [0.717, 1.165) is 18.2 Å². The van der Waals surface area contributed by atoms with Crippen molar-refractivity contribution in [2.45, 2.75) is 13.5 Å². The Hall–Kier alpha value is -2.50. The van der Waals surface area contributed by atoms with Crippen LogP contribution in [0.3, 0.4) is 0 Å². The highest BCUT2D eigenvalue weighted by Gasteiger charge is 2.11. The minimum Gasteiger partial charge on any atom is -0.398 e. The number of amides is 1. The Bertz CT molecular complexity index is 678. The van der Waals surface area contributed by atoms with Gasteiger partial charge in [0, 0.05) is 23.4 Å². The van der Waals surface area contributed by atoms with Gasteiger partial charge in [-0.2, -0.15) is 0 Å². The maximum atomic E-state index is 13.5. The summed E-state index contributed by atoms with van der Waals surface area (Å²) in [7, 11) is 0. The molecule has 3 N–H and O–H groups in total. The van der Waals surface area contributed by atoms with Crippen molar-refractivity contribution in [2.75, 3.05) is 5.73 Å². The summed E-state index contributed by atoms with van der Waals surface area (Å²) in [6.07, 6.45) is 0. The first-order valence-electron chi connectivity index (χ1n) is 6.16. The average Bonchev–Trinajstić information content (AvgIpc) is 2.45. The summed E-state index contributed by atoms with van der Waals surface area (Å²) in [6, 6.07) is 5.74. The molecule has 0 bridgehead atoms. The van der Waals surface area contributed by atoms with Gasteiger partial charge < -0.3 is 11.1 Å². The van der Waals surface area contributed by atoms with Crippen LogP contribution in [0.15, 0.2) is 30.3 Å². The molecule has 0 aliphatic carbocycles. The van der Waals surface area contributed by atoms with Gasteiger partial charge >= 0.3 is 0 Å². The van der Waals surface area contributed by atoms with E-state index in [1.54, 1.807) is 0 Å². The van der Waals surface area contributed by atoms with E-state index >= 15 is 0 Å². The molecule has 0 spiro atoms. The van der Waals surface area contributed by atoms with Crippen LogP contribution in [-0.2, 0) is 6.54 Å². The molecule has 0 radical (unpaired) electrons. The number of nitrogens with two attached hydrogens (primary N) is 1. The summed E-state index contributed by atoms with van der Waals surface area (Å²) >= 11 is 0. The molecular weight excluding hydrogens is 281 g/mol. The van der Waals surface area contributed by atoms with Gasteiger partial charge in [0.1, 0.15) is 5.82 Å². The predicted octanol–water partition coefficient (Wildman–Crippen LogP) is 2.92. The molecule has 2 rings (SSSR count). The van der Waals surface area contributed by atoms with Gasteiger partial charge in [0.15, 0.2) is 11.6 Å². The predicted molar refractivity (Wildman–Crippen MR) is 73.1 cm³/mol. The third-order valence-corrected chi connectivity index (χ3v) is 3.08. The smallest absolute Gasteiger partial charge is 0.251 e. The number of carbonyl (C=O) groups excluding carboxylic acids is 1. The van der Waals surface area contributed by atoms with E-state index < -0.39 is 23.4 Å². The van der Waals surface area contributed by atoms with Gasteiger partial charge in [-0.05, 0) is 36.8 Å². The molecule has 0 saturated heterocycles. The van der Waals surface area contributed by atoms with Gasteiger partial charge in [0.05, 0.1) is 0 Å². The molecule has 21 heavy (non-hydrogen) atoms. The minimum atomic E-state index is -0.993. The van der Waals surface area contributed by atoms with Crippen molar-refractivity contribution in [1.82, 2.24) is 5.32 Å². The third-order valence-electron chi connectivity index (χ3n) is 3.08. The van der Waals surface area contributed by atoms with E-state index in [1.165, 1.54) is 19.1 Å². The monoisotopic (exact) mass is 294 g/mol. The maximum Gasteiger partial charge on any atom is 0.251 e. The summed E-state index contributed by atoms with van der Waals surface area (Å²) < 4.78 is 39.3. The molecule has 6 heteroatoms. The largest absolute Gasteiger partial charge is 0.398 e. The molecule has 0 saturated carbocycles. The van der Waals surface area contributed by atoms with E-state index in [1.807, 2.05) is 0 Å². The number of nitrogen functional groups attached to an aromatic ring is 1. The van der Waals surface area contributed by atoms with Crippen molar-refractivity contribution in [3.05, 3.63) is 64.5 Å². The third kappa shape index (κ3) is 3.34. The van der Waals surface area contributed by atoms with Crippen LogP contribution in [0, 0.1) is 24.4 Å². The zero-order valence-corrected chi connectivity index (χ0v) is 11.2. The quantitative estimate of drug-likeness (QED) is 0.855. The number of anilines is 1. The summed E-state index contributed by atoms with van der Waals surface area (Å²) in [5, 5.41) is 2.49. The Kier molecular flexibility index (Phi) is 4.16. The van der Waals surface area contributed by atoms with E-state index in [2.05, 4.69) is 5.32 Å². The lowest BCUT2D eigenvalue weighted by Gasteiger charge is -2.08. The van der Waals surface area contributed by atoms with Crippen LogP contribution in [0.5, 0.6) is 0 Å². The first-order valence-corrected chi connectivity index (χ1v) is 6.16. The zero-order valence-electron chi connectivity index (χ0n) is 11.2. The molecule has 2 aromatic carbocycles. The highest BCUT2D eigenvalue weighted by atomic mass is 19.2. The van der Waals surface area contributed by atoms with E-state index in [0.29, 0.717) is 5.56 Å². The molecule has 3 nitrogen and oxygen atoms in total. The molecule has 2 aromatic rings. The lowest BCUT2D eigenvalue weighted by atomic mass is 10.1. The Balaban J connectivity index is 2.10. The fraction of sp³-hybridized carbons (Fsp3) is 0.133. The van der Waals surface area contributed by atoms with Gasteiger partial charge in [-0.1, -0.05) is 6.07 Å². The lowest BCUT2D eigenvalue weighted by molar-refractivity contribution is 0.0950. The first-order chi connectivity index (χ1) is 9.88. The van der Waals surface area contributed by atoms with E-state index in [4.69, 9.17) is 5.73 Å². The number of hydrogen-bond acceptors (Lipinski definition) is 2. The summed E-state index contributed by atoms with van der Waals surface area (Å²) in [4.78, 5) is 11.9. The number of hydrogen-bond donors (Lipinski definition) is 2. The van der Waals surface area contributed by atoms with Gasteiger partial charge in [-0.25, -0.2) is 13.2 Å². The number of nitrogens with one attached hydrogen (secondary N) is 1. The van der Waals surface area contributed by atoms with E-state index in [-0.39, 0.29) is 23.4 Å². The topological polar surface area (TPSA) is 55.1 Å². The van der Waals surface area contributed by atoms with Crippen LogP contribution in [0.25, 0.3) is 0 Å². The van der Waals surface area contributed by atoms with Gasteiger partial charge in [0.2, 0.25) is 0 Å². The summed E-state index contributed by atoms with van der Waals surface area (Å²) in [5.74, 6) is -3.08. The van der Waals surface area contributed by atoms with Crippen molar-refractivity contribution in [3.63, 3.8) is 0 Å². The average molecular weight is 294 g/mol. The highest BCUT2D eigenvalue weighted by molar-refractivity contribution is 5.95. The van der Waals surface area contributed by atoms with Crippen molar-refractivity contribution in [1.29, 1.82) is 0 Å². The van der Waals surface area contributed by atoms with Crippen molar-refractivity contribution < 1.29 is 18.0 Å². The Labute approximate surface area is 119 Å². The van der Waals surface area contributed by atoms with Crippen molar-refractivity contribution in [2.24, 2.45) is 0 Å². The summed E-state index contributed by atoms with van der Waals surface area (Å²) in [5.41, 5.74) is 6.50. The Morgan fingerprint density at radius 3 is 2.43 bits per heavy atom. The van der Waals surface area contributed by atoms with Crippen molar-refractivity contribution >= 4 is 11.6 Å². The van der Waals surface area contributed by atoms with Crippen LogP contribution in [-0.4, -0.2) is 5.91 Å².